The topological polar surface area (TPSA) is 29.9 Å². The lowest BCUT2D eigenvalue weighted by atomic mass is 10.0. The molecule has 1 aromatic heterocycles. The molecule has 0 saturated heterocycles. The molecule has 0 aliphatic rings. The van der Waals surface area contributed by atoms with Crippen LogP contribution in [0.1, 0.15) is 31.3 Å². The summed E-state index contributed by atoms with van der Waals surface area (Å²) in [6.07, 6.45) is 4.53. The van der Waals surface area contributed by atoms with E-state index in [0.717, 1.165) is 30.9 Å². The fourth-order valence-electron chi connectivity index (χ4n) is 2.28. The summed E-state index contributed by atoms with van der Waals surface area (Å²) >= 11 is 3.19. The zero-order valence-corrected chi connectivity index (χ0v) is 13.3. The molecule has 2 rings (SSSR count). The molecule has 0 saturated carbocycles. The highest BCUT2D eigenvalue weighted by atomic mass is 79.9. The second-order valence-electron chi connectivity index (χ2n) is 4.62. The Morgan fingerprint density at radius 2 is 2.20 bits per heavy atom. The Hall–Kier alpha value is -1.20. The van der Waals surface area contributed by atoms with Crippen LogP contribution in [-0.4, -0.2) is 16.1 Å². The number of likely N-dealkylation sites (N-methyl/N-ethyl adjacent to an activating group) is 1. The van der Waals surface area contributed by atoms with Crippen molar-refractivity contribution in [3.63, 3.8) is 0 Å². The summed E-state index contributed by atoms with van der Waals surface area (Å²) in [7, 11) is 0. The molecule has 1 N–H and O–H groups in total. The number of hydrogen-bond acceptors (Lipinski definition) is 2. The molecular weight excluding hydrogens is 321 g/mol. The predicted molar refractivity (Wildman–Crippen MR) is 82.1 cm³/mol. The van der Waals surface area contributed by atoms with Crippen LogP contribution in [0, 0.1) is 5.82 Å². The van der Waals surface area contributed by atoms with Gasteiger partial charge in [0.05, 0.1) is 4.47 Å². The summed E-state index contributed by atoms with van der Waals surface area (Å²) in [5.41, 5.74) is 0.943. The van der Waals surface area contributed by atoms with E-state index in [-0.39, 0.29) is 11.9 Å². The molecule has 1 aromatic carbocycles. The Balaban J connectivity index is 2.24. The normalized spacial score (nSPS) is 12.6. The third-order valence-corrected chi connectivity index (χ3v) is 3.97. The average Bonchev–Trinajstić information content (AvgIpc) is 2.88. The molecule has 3 nitrogen and oxygen atoms in total. The van der Waals surface area contributed by atoms with Gasteiger partial charge in [0, 0.05) is 31.4 Å². The maximum Gasteiger partial charge on any atom is 0.137 e. The number of imidazole rings is 1. The fourth-order valence-corrected chi connectivity index (χ4v) is 2.53. The minimum Gasteiger partial charge on any atom is -0.335 e. The van der Waals surface area contributed by atoms with Gasteiger partial charge in [0.2, 0.25) is 0 Å². The molecule has 0 bridgehead atoms. The van der Waals surface area contributed by atoms with Crippen LogP contribution in [0.5, 0.6) is 0 Å². The summed E-state index contributed by atoms with van der Waals surface area (Å²) in [4.78, 5) is 4.39. The average molecular weight is 340 g/mol. The van der Waals surface area contributed by atoms with Crippen LogP contribution in [0.2, 0.25) is 0 Å². The van der Waals surface area contributed by atoms with Crippen LogP contribution in [0.4, 0.5) is 4.39 Å². The van der Waals surface area contributed by atoms with Crippen molar-refractivity contribution in [2.45, 2.75) is 32.9 Å². The molecule has 20 heavy (non-hydrogen) atoms. The van der Waals surface area contributed by atoms with Gasteiger partial charge in [0.15, 0.2) is 0 Å². The van der Waals surface area contributed by atoms with E-state index in [0.29, 0.717) is 4.47 Å². The summed E-state index contributed by atoms with van der Waals surface area (Å²) in [5, 5.41) is 3.40. The van der Waals surface area contributed by atoms with Gasteiger partial charge in [-0.3, -0.25) is 0 Å². The first-order valence-electron chi connectivity index (χ1n) is 6.84. The van der Waals surface area contributed by atoms with Crippen LogP contribution in [-0.2, 0) is 13.0 Å². The first-order chi connectivity index (χ1) is 9.65. The molecular formula is C15H19BrFN3. The number of nitrogens with one attached hydrogen (secondary N) is 1. The van der Waals surface area contributed by atoms with Crippen LogP contribution in [0.3, 0.4) is 0 Å². The van der Waals surface area contributed by atoms with Gasteiger partial charge in [-0.15, -0.1) is 0 Å². The van der Waals surface area contributed by atoms with Crippen LogP contribution < -0.4 is 5.32 Å². The van der Waals surface area contributed by atoms with E-state index in [2.05, 4.69) is 44.6 Å². The maximum atomic E-state index is 13.7. The van der Waals surface area contributed by atoms with E-state index in [1.54, 1.807) is 12.1 Å². The summed E-state index contributed by atoms with van der Waals surface area (Å²) in [6, 6.07) is 5.34. The monoisotopic (exact) mass is 339 g/mol. The molecule has 108 valence electrons. The number of aromatic nitrogens is 2. The van der Waals surface area contributed by atoms with Crippen molar-refractivity contribution in [1.82, 2.24) is 14.9 Å². The van der Waals surface area contributed by atoms with Gasteiger partial charge in [0.25, 0.3) is 0 Å². The first kappa shape index (κ1) is 15.2. The van der Waals surface area contributed by atoms with Crippen molar-refractivity contribution >= 4 is 15.9 Å². The van der Waals surface area contributed by atoms with Crippen LogP contribution >= 0.6 is 15.9 Å². The lowest BCUT2D eigenvalue weighted by molar-refractivity contribution is 0.517. The zero-order valence-electron chi connectivity index (χ0n) is 11.7. The quantitative estimate of drug-likeness (QED) is 0.869. The number of hydrogen-bond donors (Lipinski definition) is 1. The smallest absolute Gasteiger partial charge is 0.137 e. The van der Waals surface area contributed by atoms with E-state index < -0.39 is 0 Å². The molecule has 2 aromatic rings. The lowest BCUT2D eigenvalue weighted by Gasteiger charge is -2.19. The molecule has 0 fully saturated rings. The van der Waals surface area contributed by atoms with Crippen molar-refractivity contribution in [2.75, 3.05) is 6.54 Å². The SMILES string of the molecule is CCNC(Cc1nccn1CC)c1ccc(Br)c(F)c1. The van der Waals surface area contributed by atoms with E-state index in [1.165, 1.54) is 0 Å². The van der Waals surface area contributed by atoms with Gasteiger partial charge >= 0.3 is 0 Å². The Morgan fingerprint density at radius 3 is 2.85 bits per heavy atom. The van der Waals surface area contributed by atoms with Crippen molar-refractivity contribution in [1.29, 1.82) is 0 Å². The van der Waals surface area contributed by atoms with E-state index in [1.807, 2.05) is 18.5 Å². The molecule has 1 unspecified atom stereocenters. The van der Waals surface area contributed by atoms with Crippen molar-refractivity contribution in [2.24, 2.45) is 0 Å². The highest BCUT2D eigenvalue weighted by Crippen LogP contribution is 2.23. The number of rotatable bonds is 6. The van der Waals surface area contributed by atoms with Crippen molar-refractivity contribution in [3.05, 3.63) is 52.3 Å². The largest absolute Gasteiger partial charge is 0.335 e. The van der Waals surface area contributed by atoms with E-state index >= 15 is 0 Å². The Bertz CT molecular complexity index is 568. The van der Waals surface area contributed by atoms with Gasteiger partial charge < -0.3 is 9.88 Å². The third kappa shape index (κ3) is 3.46. The number of halogens is 2. The molecule has 1 atom stereocenters. The molecule has 5 heteroatoms. The number of benzene rings is 1. The Morgan fingerprint density at radius 1 is 1.40 bits per heavy atom. The highest BCUT2D eigenvalue weighted by molar-refractivity contribution is 9.10. The highest BCUT2D eigenvalue weighted by Gasteiger charge is 2.15. The van der Waals surface area contributed by atoms with Gasteiger partial charge in [-0.2, -0.15) is 0 Å². The second-order valence-corrected chi connectivity index (χ2v) is 5.47. The third-order valence-electron chi connectivity index (χ3n) is 3.33. The Labute approximate surface area is 127 Å². The summed E-state index contributed by atoms with van der Waals surface area (Å²) in [6.45, 7) is 5.86. The first-order valence-corrected chi connectivity index (χ1v) is 7.63. The number of nitrogens with zero attached hydrogens (tertiary/aromatic N) is 2. The predicted octanol–water partition coefficient (Wildman–Crippen LogP) is 3.70. The van der Waals surface area contributed by atoms with Crippen molar-refractivity contribution < 1.29 is 4.39 Å². The molecule has 0 spiro atoms. The van der Waals surface area contributed by atoms with Crippen molar-refractivity contribution in [3.8, 4) is 0 Å². The lowest BCUT2D eigenvalue weighted by Crippen LogP contribution is -2.24. The molecule has 0 aliphatic carbocycles. The van der Waals surface area contributed by atoms with Crippen LogP contribution in [0.15, 0.2) is 35.1 Å². The standard InChI is InChI=1S/C15H19BrFN3/c1-3-18-14(10-15-19-7-8-20(15)4-2)11-5-6-12(16)13(17)9-11/h5-9,14,18H,3-4,10H2,1-2H3. The fraction of sp³-hybridized carbons (Fsp3) is 0.400. The number of aryl methyl sites for hydroxylation is 1. The van der Waals surface area contributed by atoms with Gasteiger partial charge in [0.1, 0.15) is 11.6 Å². The minimum absolute atomic E-state index is 0.0651. The minimum atomic E-state index is -0.232. The van der Waals surface area contributed by atoms with Gasteiger partial charge in [-0.05, 0) is 47.1 Å². The molecule has 1 heterocycles. The molecule has 0 radical (unpaired) electrons. The molecule has 0 aliphatic heterocycles. The zero-order chi connectivity index (χ0) is 14.5. The molecule has 0 amide bonds. The van der Waals surface area contributed by atoms with E-state index in [9.17, 15) is 4.39 Å². The van der Waals surface area contributed by atoms with E-state index in [4.69, 9.17) is 0 Å². The van der Waals surface area contributed by atoms with Gasteiger partial charge in [-0.25, -0.2) is 9.37 Å². The summed E-state index contributed by atoms with van der Waals surface area (Å²) < 4.78 is 16.3. The maximum absolute atomic E-state index is 13.7. The Kier molecular flexibility index (Phi) is 5.31. The van der Waals surface area contributed by atoms with Crippen LogP contribution in [0.25, 0.3) is 0 Å². The summed E-state index contributed by atoms with van der Waals surface area (Å²) in [5.74, 6) is 0.783. The van der Waals surface area contributed by atoms with Gasteiger partial charge in [-0.1, -0.05) is 13.0 Å². The second kappa shape index (κ2) is 6.99.